The molecule has 0 saturated heterocycles. The number of allylic oxidation sites excluding steroid dienone is 6. The number of nitriles is 1. The van der Waals surface area contributed by atoms with Crippen LogP contribution in [-0.4, -0.2) is 6.54 Å². The highest BCUT2D eigenvalue weighted by Crippen LogP contribution is 2.34. The van der Waals surface area contributed by atoms with Crippen molar-refractivity contribution in [2.24, 2.45) is 5.41 Å². The zero-order valence-corrected chi connectivity index (χ0v) is 19.0. The van der Waals surface area contributed by atoms with Gasteiger partial charge in [0, 0.05) is 23.3 Å². The van der Waals surface area contributed by atoms with Gasteiger partial charge in [0.25, 0.3) is 5.70 Å². The highest BCUT2D eigenvalue weighted by molar-refractivity contribution is 5.65. The topological polar surface area (TPSA) is 40.6 Å². The van der Waals surface area contributed by atoms with Crippen LogP contribution in [0.4, 0.5) is 11.4 Å². The van der Waals surface area contributed by atoms with Crippen LogP contribution in [-0.2, 0) is 4.74 Å². The van der Waals surface area contributed by atoms with E-state index in [1.54, 1.807) is 12.2 Å². The van der Waals surface area contributed by atoms with E-state index in [-0.39, 0.29) is 11.1 Å². The largest absolute Gasteiger partial charge is 0.461 e. The van der Waals surface area contributed by atoms with Gasteiger partial charge >= 0.3 is 0 Å². The van der Waals surface area contributed by atoms with E-state index >= 15 is 0 Å². The summed E-state index contributed by atoms with van der Waals surface area (Å²) in [7, 11) is 0. The predicted molar refractivity (Wildman–Crippen MR) is 131 cm³/mol. The standard InChI is InChI=1S/C28H27N3O/c1-6-31(23-10-8-7-9-11-23)24-15-12-21(13-16-24)14-17-25-18-22(26(20-29)30-5)19-27(32-25)28(2,3)4/h7-19H,6H2,1-4H3. The van der Waals surface area contributed by atoms with Gasteiger partial charge in [0.05, 0.1) is 12.6 Å². The Kier molecular flexibility index (Phi) is 6.98. The average molecular weight is 422 g/mol. The number of nitrogens with zero attached hydrogens (tertiary/aromatic N) is 3. The number of anilines is 2. The maximum absolute atomic E-state index is 9.29. The molecule has 0 radical (unpaired) electrons. The molecule has 0 amide bonds. The van der Waals surface area contributed by atoms with Crippen molar-refractivity contribution in [3.63, 3.8) is 0 Å². The van der Waals surface area contributed by atoms with E-state index < -0.39 is 0 Å². The highest BCUT2D eigenvalue weighted by Gasteiger charge is 2.23. The van der Waals surface area contributed by atoms with E-state index in [2.05, 4.69) is 53.1 Å². The number of benzene rings is 2. The second-order valence-corrected chi connectivity index (χ2v) is 8.44. The van der Waals surface area contributed by atoms with Crippen molar-refractivity contribution >= 4 is 17.5 Å². The lowest BCUT2D eigenvalue weighted by molar-refractivity contribution is 0.223. The fraction of sp³-hybridized carbons (Fsp3) is 0.214. The Bertz CT molecular complexity index is 1150. The second-order valence-electron chi connectivity index (χ2n) is 8.44. The Morgan fingerprint density at radius 1 is 1.03 bits per heavy atom. The lowest BCUT2D eigenvalue weighted by Crippen LogP contribution is -2.15. The van der Waals surface area contributed by atoms with Crippen LogP contribution >= 0.6 is 0 Å². The number of rotatable bonds is 5. The van der Waals surface area contributed by atoms with E-state index in [4.69, 9.17) is 11.3 Å². The number of para-hydroxylation sites is 1. The van der Waals surface area contributed by atoms with Gasteiger partial charge in [0.15, 0.2) is 0 Å². The monoisotopic (exact) mass is 421 g/mol. The Morgan fingerprint density at radius 2 is 1.69 bits per heavy atom. The Hall–Kier alpha value is -4.02. The second kappa shape index (κ2) is 9.86. The van der Waals surface area contributed by atoms with Gasteiger partial charge in [-0.3, -0.25) is 0 Å². The minimum atomic E-state index is -0.246. The molecule has 2 aromatic carbocycles. The summed E-state index contributed by atoms with van der Waals surface area (Å²) < 4.78 is 6.06. The third-order valence-electron chi connectivity index (χ3n) is 5.07. The minimum absolute atomic E-state index is 0.0610. The fourth-order valence-electron chi connectivity index (χ4n) is 3.33. The minimum Gasteiger partial charge on any atom is -0.461 e. The summed E-state index contributed by atoms with van der Waals surface area (Å²) in [5.41, 5.74) is 3.71. The molecule has 0 fully saturated rings. The Morgan fingerprint density at radius 3 is 2.25 bits per heavy atom. The van der Waals surface area contributed by atoms with Crippen molar-refractivity contribution < 1.29 is 4.74 Å². The molecule has 0 spiro atoms. The molecular weight excluding hydrogens is 394 g/mol. The van der Waals surface area contributed by atoms with Crippen LogP contribution in [0.5, 0.6) is 0 Å². The van der Waals surface area contributed by atoms with Crippen molar-refractivity contribution in [3.05, 3.63) is 113 Å². The fourth-order valence-corrected chi connectivity index (χ4v) is 3.33. The molecule has 4 nitrogen and oxygen atoms in total. The molecule has 4 heteroatoms. The zero-order valence-electron chi connectivity index (χ0n) is 19.0. The Labute approximate surface area is 190 Å². The third-order valence-corrected chi connectivity index (χ3v) is 5.07. The molecule has 3 rings (SSSR count). The average Bonchev–Trinajstić information content (AvgIpc) is 2.80. The van der Waals surface area contributed by atoms with Gasteiger partial charge < -0.3 is 9.64 Å². The number of hydrogen-bond acceptors (Lipinski definition) is 3. The van der Waals surface area contributed by atoms with Crippen molar-refractivity contribution in [3.8, 4) is 6.07 Å². The molecular formula is C28H27N3O. The quantitative estimate of drug-likeness (QED) is 0.373. The summed E-state index contributed by atoms with van der Waals surface area (Å²) in [5.74, 6) is 1.33. The van der Waals surface area contributed by atoms with E-state index in [0.717, 1.165) is 29.2 Å². The smallest absolute Gasteiger partial charge is 0.269 e. The summed E-state index contributed by atoms with van der Waals surface area (Å²) >= 11 is 0. The van der Waals surface area contributed by atoms with Crippen LogP contribution in [0.2, 0.25) is 0 Å². The molecule has 0 aromatic heterocycles. The molecule has 32 heavy (non-hydrogen) atoms. The maximum atomic E-state index is 9.29. The van der Waals surface area contributed by atoms with E-state index in [9.17, 15) is 5.26 Å². The van der Waals surface area contributed by atoms with Crippen molar-refractivity contribution in [1.82, 2.24) is 0 Å². The summed E-state index contributed by atoms with van der Waals surface area (Å²) in [6.45, 7) is 16.4. The first-order chi connectivity index (χ1) is 15.4. The van der Waals surface area contributed by atoms with Crippen molar-refractivity contribution in [1.29, 1.82) is 5.26 Å². The van der Waals surface area contributed by atoms with Gasteiger partial charge in [0.1, 0.15) is 11.5 Å². The molecule has 160 valence electrons. The van der Waals surface area contributed by atoms with Gasteiger partial charge in [-0.15, -0.1) is 0 Å². The lowest BCUT2D eigenvalue weighted by atomic mass is 9.91. The first-order valence-electron chi connectivity index (χ1n) is 10.6. The van der Waals surface area contributed by atoms with Crippen LogP contribution < -0.4 is 4.90 Å². The molecule has 0 unspecified atom stereocenters. The first kappa shape index (κ1) is 22.7. The summed E-state index contributed by atoms with van der Waals surface area (Å²) in [6.07, 6.45) is 7.37. The SMILES string of the molecule is [C-]#[N+]C(C#N)=C1C=C(C=Cc2ccc(N(CC)c3ccccc3)cc2)OC(C(C)(C)C)=C1. The molecule has 0 saturated carbocycles. The molecule has 1 heterocycles. The van der Waals surface area contributed by atoms with Crippen molar-refractivity contribution in [2.75, 3.05) is 11.4 Å². The van der Waals surface area contributed by atoms with Crippen LogP contribution in [0.3, 0.4) is 0 Å². The van der Waals surface area contributed by atoms with E-state index in [0.29, 0.717) is 11.3 Å². The van der Waals surface area contributed by atoms with Gasteiger partial charge in [-0.05, 0) is 60.6 Å². The molecule has 1 aliphatic heterocycles. The summed E-state index contributed by atoms with van der Waals surface area (Å²) in [4.78, 5) is 5.61. The molecule has 0 bridgehead atoms. The number of ether oxygens (including phenoxy) is 1. The third kappa shape index (κ3) is 5.36. The molecule has 0 N–H and O–H groups in total. The van der Waals surface area contributed by atoms with Crippen LogP contribution in [0.1, 0.15) is 33.3 Å². The number of hydrogen-bond donors (Lipinski definition) is 0. The summed E-state index contributed by atoms with van der Waals surface area (Å²) in [5, 5.41) is 9.29. The van der Waals surface area contributed by atoms with Gasteiger partial charge in [-0.2, -0.15) is 0 Å². The molecule has 0 aliphatic carbocycles. The van der Waals surface area contributed by atoms with Crippen LogP contribution in [0.25, 0.3) is 10.9 Å². The van der Waals surface area contributed by atoms with Crippen LogP contribution in [0.15, 0.2) is 95.6 Å². The predicted octanol–water partition coefficient (Wildman–Crippen LogP) is 7.40. The normalized spacial score (nSPS) is 15.2. The zero-order chi connectivity index (χ0) is 23.1. The van der Waals surface area contributed by atoms with Crippen molar-refractivity contribution in [2.45, 2.75) is 27.7 Å². The maximum Gasteiger partial charge on any atom is 0.269 e. The molecule has 0 atom stereocenters. The van der Waals surface area contributed by atoms with Gasteiger partial charge in [0.2, 0.25) is 0 Å². The Balaban J connectivity index is 1.85. The van der Waals surface area contributed by atoms with Gasteiger partial charge in [-0.25, -0.2) is 10.1 Å². The molecule has 2 aromatic rings. The lowest BCUT2D eigenvalue weighted by Gasteiger charge is -2.26. The summed E-state index contributed by atoms with van der Waals surface area (Å²) in [6, 6.07) is 20.6. The van der Waals surface area contributed by atoms with E-state index in [1.165, 1.54) is 0 Å². The van der Waals surface area contributed by atoms with E-state index in [1.807, 2.05) is 57.2 Å². The van der Waals surface area contributed by atoms with Gasteiger partial charge in [-0.1, -0.05) is 57.2 Å². The highest BCUT2D eigenvalue weighted by atomic mass is 16.5. The van der Waals surface area contributed by atoms with Crippen LogP contribution in [0, 0.1) is 23.3 Å². The first-order valence-corrected chi connectivity index (χ1v) is 10.6. The molecule has 1 aliphatic rings.